The second-order valence-electron chi connectivity index (χ2n) is 8.69. The first kappa shape index (κ1) is 23.5. The molecule has 10 heteroatoms. The smallest absolute Gasteiger partial charge is 0.282 e. The van der Waals surface area contributed by atoms with E-state index < -0.39 is 18.0 Å². The van der Waals surface area contributed by atoms with Crippen molar-refractivity contribution in [2.75, 3.05) is 11.9 Å². The summed E-state index contributed by atoms with van der Waals surface area (Å²) in [5.41, 5.74) is 1.49. The molecule has 7 nitrogen and oxygen atoms in total. The van der Waals surface area contributed by atoms with Gasteiger partial charge in [0.05, 0.1) is 17.8 Å². The molecule has 0 unspecified atom stereocenters. The molecule has 1 fully saturated rings. The summed E-state index contributed by atoms with van der Waals surface area (Å²) in [7, 11) is 0. The van der Waals surface area contributed by atoms with Crippen molar-refractivity contribution in [2.24, 2.45) is 5.92 Å². The highest BCUT2D eigenvalue weighted by atomic mass is 32.1. The van der Waals surface area contributed by atoms with E-state index in [1.54, 1.807) is 18.5 Å². The molecule has 35 heavy (non-hydrogen) atoms. The Kier molecular flexibility index (Phi) is 7.10. The highest BCUT2D eigenvalue weighted by Gasteiger charge is 2.30. The predicted molar refractivity (Wildman–Crippen MR) is 129 cm³/mol. The van der Waals surface area contributed by atoms with E-state index in [9.17, 15) is 13.6 Å². The fraction of sp³-hybridized carbons (Fsp3) is 0.360. The van der Waals surface area contributed by atoms with Gasteiger partial charge in [0.25, 0.3) is 12.3 Å². The van der Waals surface area contributed by atoms with Crippen LogP contribution in [0.25, 0.3) is 5.65 Å². The molecule has 1 aliphatic carbocycles. The van der Waals surface area contributed by atoms with Gasteiger partial charge in [0.15, 0.2) is 5.65 Å². The van der Waals surface area contributed by atoms with Crippen molar-refractivity contribution in [1.29, 1.82) is 0 Å². The lowest BCUT2D eigenvalue weighted by atomic mass is 9.83. The van der Waals surface area contributed by atoms with E-state index in [-0.39, 0.29) is 10.8 Å². The number of fused-ring (bicyclic) bond motifs is 1. The van der Waals surface area contributed by atoms with Crippen LogP contribution in [-0.2, 0) is 11.3 Å². The largest absolute Gasteiger partial charge is 0.376 e. The highest BCUT2D eigenvalue weighted by Crippen LogP contribution is 2.40. The number of nitrogens with one attached hydrogen (secondary N) is 1. The number of carbonyl (C=O) groups is 1. The fourth-order valence-electron chi connectivity index (χ4n) is 4.42. The minimum atomic E-state index is -2.83. The Labute approximate surface area is 205 Å². The number of benzene rings is 1. The van der Waals surface area contributed by atoms with Gasteiger partial charge in [0, 0.05) is 24.9 Å². The van der Waals surface area contributed by atoms with Crippen LogP contribution in [-0.4, -0.2) is 32.1 Å². The van der Waals surface area contributed by atoms with Gasteiger partial charge >= 0.3 is 0 Å². The molecule has 0 bridgehead atoms. The third-order valence-electron chi connectivity index (χ3n) is 6.27. The molecule has 1 aliphatic rings. The van der Waals surface area contributed by atoms with Crippen molar-refractivity contribution in [3.63, 3.8) is 0 Å². The summed E-state index contributed by atoms with van der Waals surface area (Å²) in [6, 6.07) is 11.8. The molecule has 3 heterocycles. The van der Waals surface area contributed by atoms with E-state index in [4.69, 9.17) is 4.74 Å². The van der Waals surface area contributed by atoms with Gasteiger partial charge < -0.3 is 10.1 Å². The van der Waals surface area contributed by atoms with E-state index in [1.165, 1.54) is 10.7 Å². The van der Waals surface area contributed by atoms with Crippen LogP contribution in [0.4, 0.5) is 14.5 Å². The topological polar surface area (TPSA) is 81.4 Å². The summed E-state index contributed by atoms with van der Waals surface area (Å²) in [4.78, 5) is 21.2. The second-order valence-corrected chi connectivity index (χ2v) is 9.72. The Hall–Kier alpha value is -3.24. The fourth-order valence-corrected chi connectivity index (χ4v) is 5.56. The van der Waals surface area contributed by atoms with Crippen LogP contribution >= 0.6 is 11.3 Å². The maximum absolute atomic E-state index is 13.8. The lowest BCUT2D eigenvalue weighted by Gasteiger charge is -2.27. The number of anilines is 1. The molecular formula is C25H25F2N5O2S. The van der Waals surface area contributed by atoms with Gasteiger partial charge in [-0.1, -0.05) is 30.3 Å². The molecule has 0 saturated heterocycles. The van der Waals surface area contributed by atoms with Gasteiger partial charge in [0.2, 0.25) is 0 Å². The molecule has 5 rings (SSSR count). The predicted octanol–water partition coefficient (Wildman–Crippen LogP) is 5.87. The molecule has 182 valence electrons. The van der Waals surface area contributed by atoms with Crippen molar-refractivity contribution in [1.82, 2.24) is 19.6 Å². The van der Waals surface area contributed by atoms with Gasteiger partial charge in [-0.05, 0) is 43.2 Å². The summed E-state index contributed by atoms with van der Waals surface area (Å²) in [6.45, 7) is 1.27. The molecular weight excluding hydrogens is 472 g/mol. The first-order valence-corrected chi connectivity index (χ1v) is 12.4. The SMILES string of the molecule is O=C(Nc1cnn2cccnc12)c1sc(C2CCC(COCc3ccccc3)CC2)nc1C(F)F. The number of alkyl halides is 2. The van der Waals surface area contributed by atoms with E-state index in [2.05, 4.69) is 20.4 Å². The summed E-state index contributed by atoms with van der Waals surface area (Å²) in [6.07, 6.45) is 5.46. The number of aromatic nitrogens is 4. The van der Waals surface area contributed by atoms with E-state index in [0.29, 0.717) is 35.5 Å². The summed E-state index contributed by atoms with van der Waals surface area (Å²) in [5, 5.41) is 7.39. The Morgan fingerprint density at radius 2 is 1.97 bits per heavy atom. The number of hydrogen-bond acceptors (Lipinski definition) is 6. The minimum absolute atomic E-state index is 0.0569. The normalized spacial score (nSPS) is 18.3. The number of nitrogens with zero attached hydrogens (tertiary/aromatic N) is 4. The molecule has 0 aliphatic heterocycles. The number of amides is 1. The van der Waals surface area contributed by atoms with Gasteiger partial charge in [-0.3, -0.25) is 4.79 Å². The van der Waals surface area contributed by atoms with Gasteiger partial charge in [-0.25, -0.2) is 23.3 Å². The quantitative estimate of drug-likeness (QED) is 0.329. The standard InChI is InChI=1S/C25H25F2N5O2S/c26-22(27)20-21(24(33)30-19-13-29-32-12-4-11-28-23(19)32)35-25(31-20)18-9-7-17(8-10-18)15-34-14-16-5-2-1-3-6-16/h1-6,11-13,17-18,22H,7-10,14-15H2,(H,30,33). The van der Waals surface area contributed by atoms with Crippen molar-refractivity contribution < 1.29 is 18.3 Å². The lowest BCUT2D eigenvalue weighted by molar-refractivity contribution is 0.0715. The van der Waals surface area contributed by atoms with Crippen LogP contribution < -0.4 is 5.32 Å². The molecule has 1 aromatic carbocycles. The van der Waals surface area contributed by atoms with E-state index in [0.717, 1.165) is 42.6 Å². The maximum Gasteiger partial charge on any atom is 0.282 e. The molecule has 4 aromatic rings. The summed E-state index contributed by atoms with van der Waals surface area (Å²) in [5.74, 6) is -0.106. The number of rotatable bonds is 8. The van der Waals surface area contributed by atoms with Crippen LogP contribution in [0.15, 0.2) is 55.0 Å². The van der Waals surface area contributed by atoms with E-state index >= 15 is 0 Å². The number of hydrogen-bond donors (Lipinski definition) is 1. The second kappa shape index (κ2) is 10.6. The average molecular weight is 498 g/mol. The van der Waals surface area contributed by atoms with Crippen molar-refractivity contribution >= 4 is 28.6 Å². The van der Waals surface area contributed by atoms with Crippen LogP contribution in [0, 0.1) is 5.92 Å². The third-order valence-corrected chi connectivity index (χ3v) is 7.50. The zero-order chi connectivity index (χ0) is 24.2. The average Bonchev–Trinajstić information content (AvgIpc) is 3.51. The highest BCUT2D eigenvalue weighted by molar-refractivity contribution is 7.14. The van der Waals surface area contributed by atoms with Crippen LogP contribution in [0.5, 0.6) is 0 Å². The zero-order valence-corrected chi connectivity index (χ0v) is 19.8. The Bertz CT molecular complexity index is 1290. The van der Waals surface area contributed by atoms with E-state index in [1.807, 2.05) is 30.3 Å². The van der Waals surface area contributed by atoms with Crippen LogP contribution in [0.3, 0.4) is 0 Å². The monoisotopic (exact) mass is 497 g/mol. The molecule has 0 atom stereocenters. The molecule has 1 saturated carbocycles. The number of ether oxygens (including phenoxy) is 1. The van der Waals surface area contributed by atoms with Crippen molar-refractivity contribution in [3.8, 4) is 0 Å². The minimum Gasteiger partial charge on any atom is -0.376 e. The van der Waals surface area contributed by atoms with Gasteiger partial charge in [-0.15, -0.1) is 11.3 Å². The summed E-state index contributed by atoms with van der Waals surface area (Å²) >= 11 is 1.06. The first-order valence-electron chi connectivity index (χ1n) is 11.6. The van der Waals surface area contributed by atoms with Gasteiger partial charge in [-0.2, -0.15) is 5.10 Å². The Balaban J connectivity index is 1.21. The zero-order valence-electron chi connectivity index (χ0n) is 18.9. The number of halogens is 2. The molecule has 3 aromatic heterocycles. The van der Waals surface area contributed by atoms with Crippen LogP contribution in [0.2, 0.25) is 0 Å². The summed E-state index contributed by atoms with van der Waals surface area (Å²) < 4.78 is 34.9. The number of carbonyl (C=O) groups excluding carboxylic acids is 1. The van der Waals surface area contributed by atoms with Crippen molar-refractivity contribution in [2.45, 2.75) is 44.6 Å². The first-order chi connectivity index (χ1) is 17.1. The maximum atomic E-state index is 13.8. The third kappa shape index (κ3) is 5.38. The lowest BCUT2D eigenvalue weighted by Crippen LogP contribution is -2.17. The Morgan fingerprint density at radius 3 is 2.74 bits per heavy atom. The van der Waals surface area contributed by atoms with Gasteiger partial charge in [0.1, 0.15) is 16.3 Å². The molecule has 1 N–H and O–H groups in total. The molecule has 0 spiro atoms. The Morgan fingerprint density at radius 1 is 1.17 bits per heavy atom. The van der Waals surface area contributed by atoms with Crippen molar-refractivity contribution in [3.05, 3.63) is 76.1 Å². The number of thiazole rings is 1. The molecule has 0 radical (unpaired) electrons. The van der Waals surface area contributed by atoms with Crippen LogP contribution in [0.1, 0.15) is 64.0 Å². The molecule has 1 amide bonds.